The van der Waals surface area contributed by atoms with E-state index in [0.29, 0.717) is 5.41 Å². The molecule has 0 N–H and O–H groups in total. The van der Waals surface area contributed by atoms with E-state index in [1.165, 1.54) is 32.1 Å². The minimum atomic E-state index is -0.0117. The van der Waals surface area contributed by atoms with E-state index >= 15 is 0 Å². The summed E-state index contributed by atoms with van der Waals surface area (Å²) in [5.41, 5.74) is 0.368. The Labute approximate surface area is 99.5 Å². The molecule has 0 aromatic heterocycles. The van der Waals surface area contributed by atoms with E-state index in [1.807, 2.05) is 0 Å². The minimum absolute atomic E-state index is 0.0117. The molecule has 1 saturated carbocycles. The molecule has 1 rings (SSSR count). The lowest BCUT2D eigenvalue weighted by Gasteiger charge is -2.36. The van der Waals surface area contributed by atoms with Crippen LogP contribution in [0.25, 0.3) is 0 Å². The highest BCUT2D eigenvalue weighted by molar-refractivity contribution is 6.18. The molecule has 0 radical (unpaired) electrons. The maximum Gasteiger partial charge on any atom is 0.0598 e. The number of hydrogen-bond acceptors (Lipinski definition) is 1. The summed E-state index contributed by atoms with van der Waals surface area (Å²) < 4.78 is 5.80. The summed E-state index contributed by atoms with van der Waals surface area (Å²) in [6.45, 7) is 7.19. The lowest BCUT2D eigenvalue weighted by Crippen LogP contribution is -2.30. The van der Waals surface area contributed by atoms with Crippen LogP contribution in [-0.4, -0.2) is 18.1 Å². The zero-order chi connectivity index (χ0) is 11.4. The van der Waals surface area contributed by atoms with Gasteiger partial charge >= 0.3 is 0 Å². The topological polar surface area (TPSA) is 9.23 Å². The van der Waals surface area contributed by atoms with Gasteiger partial charge < -0.3 is 4.74 Å². The van der Waals surface area contributed by atoms with E-state index in [4.69, 9.17) is 16.3 Å². The first-order valence-corrected chi connectivity index (χ1v) is 6.71. The maximum atomic E-state index is 6.13. The molecule has 1 nitrogen and oxygen atoms in total. The van der Waals surface area contributed by atoms with E-state index in [2.05, 4.69) is 20.8 Å². The van der Waals surface area contributed by atoms with Crippen LogP contribution in [0.3, 0.4) is 0 Å². The summed E-state index contributed by atoms with van der Waals surface area (Å²) in [7, 11) is 0. The van der Waals surface area contributed by atoms with E-state index in [1.54, 1.807) is 0 Å². The molecule has 1 aliphatic carbocycles. The molecule has 0 aliphatic heterocycles. The molecule has 0 aromatic rings. The normalized spacial score (nSPS) is 21.6. The van der Waals surface area contributed by atoms with Gasteiger partial charge in [-0.3, -0.25) is 0 Å². The quantitative estimate of drug-likeness (QED) is 0.654. The maximum absolute atomic E-state index is 6.13. The monoisotopic (exact) mass is 232 g/mol. The second-order valence-electron chi connectivity index (χ2n) is 5.91. The molecule has 0 saturated heterocycles. The molecule has 2 heteroatoms. The molecule has 0 amide bonds. The molecule has 1 fully saturated rings. The SMILES string of the molecule is CC(C)(C)OCCC1(CCl)CCCCC1. The Hall–Kier alpha value is 0.250. The molecule has 0 spiro atoms. The number of rotatable bonds is 4. The third kappa shape index (κ3) is 4.74. The van der Waals surface area contributed by atoms with E-state index in [0.717, 1.165) is 18.9 Å². The average Bonchev–Trinajstić information content (AvgIpc) is 2.17. The Morgan fingerprint density at radius 2 is 1.73 bits per heavy atom. The smallest absolute Gasteiger partial charge is 0.0598 e. The van der Waals surface area contributed by atoms with Crippen LogP contribution in [-0.2, 0) is 4.74 Å². The number of halogens is 1. The van der Waals surface area contributed by atoms with Gasteiger partial charge in [0, 0.05) is 12.5 Å². The van der Waals surface area contributed by atoms with E-state index in [-0.39, 0.29) is 5.60 Å². The van der Waals surface area contributed by atoms with Crippen molar-refractivity contribution in [1.29, 1.82) is 0 Å². The zero-order valence-electron chi connectivity index (χ0n) is 10.4. The average molecular weight is 233 g/mol. The van der Waals surface area contributed by atoms with Crippen LogP contribution >= 0.6 is 11.6 Å². The highest BCUT2D eigenvalue weighted by Crippen LogP contribution is 2.40. The Bertz CT molecular complexity index is 177. The molecule has 15 heavy (non-hydrogen) atoms. The molecular weight excluding hydrogens is 208 g/mol. The standard InChI is InChI=1S/C13H25ClO/c1-12(2,3)15-10-9-13(11-14)7-5-4-6-8-13/h4-11H2,1-3H3. The second kappa shape index (κ2) is 5.54. The summed E-state index contributed by atoms with van der Waals surface area (Å²) in [5, 5.41) is 0. The fourth-order valence-corrected chi connectivity index (χ4v) is 2.73. The van der Waals surface area contributed by atoms with Crippen LogP contribution in [0.1, 0.15) is 59.3 Å². The van der Waals surface area contributed by atoms with Crippen LogP contribution in [0.4, 0.5) is 0 Å². The van der Waals surface area contributed by atoms with Gasteiger partial charge in [-0.15, -0.1) is 11.6 Å². The molecule has 0 atom stereocenters. The van der Waals surface area contributed by atoms with Crippen LogP contribution in [0.15, 0.2) is 0 Å². The van der Waals surface area contributed by atoms with Gasteiger partial charge in [-0.25, -0.2) is 0 Å². The predicted molar refractivity (Wildman–Crippen MR) is 66.6 cm³/mol. The fourth-order valence-electron chi connectivity index (χ4n) is 2.33. The van der Waals surface area contributed by atoms with Crippen molar-refractivity contribution in [3.05, 3.63) is 0 Å². The summed E-state index contributed by atoms with van der Waals surface area (Å²) in [6.07, 6.45) is 7.81. The number of hydrogen-bond donors (Lipinski definition) is 0. The minimum Gasteiger partial charge on any atom is -0.376 e. The van der Waals surface area contributed by atoms with Gasteiger partial charge in [0.15, 0.2) is 0 Å². The summed E-state index contributed by atoms with van der Waals surface area (Å²) >= 11 is 6.13. The summed E-state index contributed by atoms with van der Waals surface area (Å²) in [6, 6.07) is 0. The van der Waals surface area contributed by atoms with Crippen molar-refractivity contribution in [2.24, 2.45) is 5.41 Å². The van der Waals surface area contributed by atoms with Crippen LogP contribution < -0.4 is 0 Å². The largest absolute Gasteiger partial charge is 0.376 e. The van der Waals surface area contributed by atoms with Gasteiger partial charge in [0.05, 0.1) is 5.60 Å². The van der Waals surface area contributed by atoms with Crippen LogP contribution in [0.5, 0.6) is 0 Å². The molecule has 90 valence electrons. The van der Waals surface area contributed by atoms with Crippen LogP contribution in [0, 0.1) is 5.41 Å². The highest BCUT2D eigenvalue weighted by atomic mass is 35.5. The van der Waals surface area contributed by atoms with Crippen molar-refractivity contribution < 1.29 is 4.74 Å². The fraction of sp³-hybridized carbons (Fsp3) is 1.00. The first-order valence-electron chi connectivity index (χ1n) is 6.17. The van der Waals surface area contributed by atoms with Crippen molar-refractivity contribution in [2.75, 3.05) is 12.5 Å². The first-order chi connectivity index (χ1) is 6.97. The predicted octanol–water partition coefficient (Wildman–Crippen LogP) is 4.38. The number of alkyl halides is 1. The van der Waals surface area contributed by atoms with Crippen LogP contribution in [0.2, 0.25) is 0 Å². The van der Waals surface area contributed by atoms with Crippen molar-refractivity contribution >= 4 is 11.6 Å². The zero-order valence-corrected chi connectivity index (χ0v) is 11.2. The lowest BCUT2D eigenvalue weighted by atomic mass is 9.73. The summed E-state index contributed by atoms with van der Waals surface area (Å²) in [5.74, 6) is 0.806. The lowest BCUT2D eigenvalue weighted by molar-refractivity contribution is -0.0206. The van der Waals surface area contributed by atoms with Crippen molar-refractivity contribution in [2.45, 2.75) is 64.9 Å². The first kappa shape index (κ1) is 13.3. The highest BCUT2D eigenvalue weighted by Gasteiger charge is 2.31. The van der Waals surface area contributed by atoms with Crippen molar-refractivity contribution in [1.82, 2.24) is 0 Å². The second-order valence-corrected chi connectivity index (χ2v) is 6.17. The summed E-state index contributed by atoms with van der Waals surface area (Å²) in [4.78, 5) is 0. The van der Waals surface area contributed by atoms with E-state index in [9.17, 15) is 0 Å². The van der Waals surface area contributed by atoms with Gasteiger partial charge in [0.2, 0.25) is 0 Å². The molecular formula is C13H25ClO. The van der Waals surface area contributed by atoms with E-state index < -0.39 is 0 Å². The third-order valence-corrected chi connectivity index (χ3v) is 3.93. The van der Waals surface area contributed by atoms with Crippen molar-refractivity contribution in [3.8, 4) is 0 Å². The number of ether oxygens (including phenoxy) is 1. The van der Waals surface area contributed by atoms with Gasteiger partial charge in [0.1, 0.15) is 0 Å². The Kier molecular flexibility index (Phi) is 4.92. The van der Waals surface area contributed by atoms with Gasteiger partial charge in [-0.2, -0.15) is 0 Å². The Morgan fingerprint density at radius 1 is 1.13 bits per heavy atom. The van der Waals surface area contributed by atoms with Gasteiger partial charge in [0.25, 0.3) is 0 Å². The molecule has 0 heterocycles. The molecule has 1 aliphatic rings. The molecule has 0 aromatic carbocycles. The molecule has 0 bridgehead atoms. The van der Waals surface area contributed by atoms with Crippen molar-refractivity contribution in [3.63, 3.8) is 0 Å². The van der Waals surface area contributed by atoms with Gasteiger partial charge in [-0.05, 0) is 45.4 Å². The Balaban J connectivity index is 2.33. The molecule has 0 unspecified atom stereocenters. The van der Waals surface area contributed by atoms with Gasteiger partial charge in [-0.1, -0.05) is 19.3 Å². The Morgan fingerprint density at radius 3 is 2.20 bits per heavy atom. The third-order valence-electron chi connectivity index (χ3n) is 3.37.